The maximum Gasteiger partial charge on any atom is 0.407 e. The molecule has 0 atom stereocenters. The SMILES string of the molecule is CC(NCCNC(=O)OCc1ccccc1)NCCNC(=O)OCc1ccccc1. The second-order valence-electron chi connectivity index (χ2n) is 6.61. The quantitative estimate of drug-likeness (QED) is 0.314. The predicted octanol–water partition coefficient (Wildman–Crippen LogP) is 2.36. The number of hydrogen-bond acceptors (Lipinski definition) is 6. The lowest BCUT2D eigenvalue weighted by molar-refractivity contribution is 0.139. The van der Waals surface area contributed by atoms with Crippen LogP contribution in [0.15, 0.2) is 60.7 Å². The van der Waals surface area contributed by atoms with Crippen molar-refractivity contribution in [3.8, 4) is 0 Å². The van der Waals surface area contributed by atoms with E-state index >= 15 is 0 Å². The van der Waals surface area contributed by atoms with E-state index in [1.165, 1.54) is 0 Å². The van der Waals surface area contributed by atoms with Crippen LogP contribution >= 0.6 is 0 Å². The fourth-order valence-electron chi connectivity index (χ4n) is 2.53. The van der Waals surface area contributed by atoms with Gasteiger partial charge in [-0.3, -0.25) is 0 Å². The molecule has 0 aliphatic rings. The van der Waals surface area contributed by atoms with Gasteiger partial charge in [0.1, 0.15) is 13.2 Å². The fraction of sp³-hybridized carbons (Fsp3) is 0.364. The third kappa shape index (κ3) is 10.4. The van der Waals surface area contributed by atoms with Gasteiger partial charge in [0.2, 0.25) is 0 Å². The van der Waals surface area contributed by atoms with Crippen LogP contribution in [0.4, 0.5) is 9.59 Å². The van der Waals surface area contributed by atoms with Crippen LogP contribution < -0.4 is 21.3 Å². The third-order valence-electron chi connectivity index (χ3n) is 4.12. The molecule has 2 aromatic carbocycles. The van der Waals surface area contributed by atoms with Crippen molar-refractivity contribution in [3.05, 3.63) is 71.8 Å². The number of carbonyl (C=O) groups excluding carboxylic acids is 2. The molecule has 0 aliphatic carbocycles. The molecule has 0 heterocycles. The van der Waals surface area contributed by atoms with E-state index in [0.717, 1.165) is 11.1 Å². The lowest BCUT2D eigenvalue weighted by Crippen LogP contribution is -2.45. The molecule has 0 bridgehead atoms. The van der Waals surface area contributed by atoms with E-state index in [9.17, 15) is 9.59 Å². The first-order chi connectivity index (χ1) is 14.6. The Kier molecular flexibility index (Phi) is 10.8. The molecule has 0 spiro atoms. The second-order valence-corrected chi connectivity index (χ2v) is 6.61. The summed E-state index contributed by atoms with van der Waals surface area (Å²) in [5.41, 5.74) is 1.89. The summed E-state index contributed by atoms with van der Waals surface area (Å²) < 4.78 is 10.3. The van der Waals surface area contributed by atoms with Gasteiger partial charge >= 0.3 is 12.2 Å². The van der Waals surface area contributed by atoms with Crippen molar-refractivity contribution in [3.63, 3.8) is 0 Å². The molecule has 8 heteroatoms. The molecular formula is C22H30N4O4. The molecule has 0 aliphatic heterocycles. The minimum atomic E-state index is -0.445. The predicted molar refractivity (Wildman–Crippen MR) is 115 cm³/mol. The summed E-state index contributed by atoms with van der Waals surface area (Å²) in [7, 11) is 0. The Bertz CT molecular complexity index is 680. The Hall–Kier alpha value is -3.10. The van der Waals surface area contributed by atoms with E-state index in [1.54, 1.807) is 0 Å². The molecule has 4 N–H and O–H groups in total. The van der Waals surface area contributed by atoms with Gasteiger partial charge in [-0.2, -0.15) is 0 Å². The highest BCUT2D eigenvalue weighted by Gasteiger charge is 2.05. The zero-order chi connectivity index (χ0) is 21.4. The van der Waals surface area contributed by atoms with Crippen molar-refractivity contribution in [2.75, 3.05) is 26.2 Å². The molecule has 0 aromatic heterocycles. The molecule has 162 valence electrons. The monoisotopic (exact) mass is 414 g/mol. The molecule has 0 saturated carbocycles. The number of benzene rings is 2. The Balaban J connectivity index is 1.42. The topological polar surface area (TPSA) is 101 Å². The van der Waals surface area contributed by atoms with E-state index in [1.807, 2.05) is 67.6 Å². The highest BCUT2D eigenvalue weighted by Crippen LogP contribution is 2.01. The van der Waals surface area contributed by atoms with Gasteiger partial charge in [0.25, 0.3) is 0 Å². The maximum absolute atomic E-state index is 11.7. The minimum Gasteiger partial charge on any atom is -0.445 e. The van der Waals surface area contributed by atoms with E-state index < -0.39 is 12.2 Å². The summed E-state index contributed by atoms with van der Waals surface area (Å²) in [6, 6.07) is 19.0. The zero-order valence-electron chi connectivity index (χ0n) is 17.2. The summed E-state index contributed by atoms with van der Waals surface area (Å²) in [4.78, 5) is 23.3. The molecule has 8 nitrogen and oxygen atoms in total. The molecule has 0 fully saturated rings. The first-order valence-electron chi connectivity index (χ1n) is 9.99. The van der Waals surface area contributed by atoms with Gasteiger partial charge in [0.05, 0.1) is 6.17 Å². The Morgan fingerprint density at radius 1 is 0.700 bits per heavy atom. The first kappa shape index (κ1) is 23.2. The average molecular weight is 415 g/mol. The molecule has 0 radical (unpaired) electrons. The number of nitrogens with one attached hydrogen (secondary N) is 4. The van der Waals surface area contributed by atoms with Crippen LogP contribution in [0.3, 0.4) is 0 Å². The number of alkyl carbamates (subject to hydrolysis) is 2. The molecule has 30 heavy (non-hydrogen) atoms. The summed E-state index contributed by atoms with van der Waals surface area (Å²) in [6.07, 6.45) is -0.867. The van der Waals surface area contributed by atoms with Crippen molar-refractivity contribution in [1.82, 2.24) is 21.3 Å². The van der Waals surface area contributed by atoms with Crippen LogP contribution in [0.25, 0.3) is 0 Å². The molecule has 2 aromatic rings. The maximum atomic E-state index is 11.7. The van der Waals surface area contributed by atoms with Gasteiger partial charge in [-0.25, -0.2) is 9.59 Å². The van der Waals surface area contributed by atoms with Gasteiger partial charge in [-0.1, -0.05) is 60.7 Å². The van der Waals surface area contributed by atoms with Gasteiger partial charge in [-0.15, -0.1) is 0 Å². The minimum absolute atomic E-state index is 0.0225. The number of amides is 2. The van der Waals surface area contributed by atoms with Crippen molar-refractivity contribution in [2.45, 2.75) is 26.3 Å². The van der Waals surface area contributed by atoms with Gasteiger partial charge in [0.15, 0.2) is 0 Å². The van der Waals surface area contributed by atoms with Crippen molar-refractivity contribution < 1.29 is 19.1 Å². The number of carbonyl (C=O) groups is 2. The van der Waals surface area contributed by atoms with E-state index in [2.05, 4.69) is 21.3 Å². The molecule has 0 unspecified atom stereocenters. The van der Waals surface area contributed by atoms with Crippen LogP contribution in [-0.4, -0.2) is 44.5 Å². The Morgan fingerprint density at radius 3 is 1.50 bits per heavy atom. The van der Waals surface area contributed by atoms with Crippen molar-refractivity contribution >= 4 is 12.2 Å². The van der Waals surface area contributed by atoms with E-state index in [0.29, 0.717) is 26.2 Å². The highest BCUT2D eigenvalue weighted by atomic mass is 16.6. The lowest BCUT2D eigenvalue weighted by Gasteiger charge is -2.16. The fourth-order valence-corrected chi connectivity index (χ4v) is 2.53. The zero-order valence-corrected chi connectivity index (χ0v) is 17.2. The van der Waals surface area contributed by atoms with Gasteiger partial charge in [0, 0.05) is 26.2 Å². The number of ether oxygens (including phenoxy) is 2. The largest absolute Gasteiger partial charge is 0.445 e. The lowest BCUT2D eigenvalue weighted by atomic mass is 10.2. The first-order valence-corrected chi connectivity index (χ1v) is 9.99. The molecule has 2 amide bonds. The van der Waals surface area contributed by atoms with Gasteiger partial charge in [-0.05, 0) is 18.1 Å². The van der Waals surface area contributed by atoms with Crippen LogP contribution in [-0.2, 0) is 22.7 Å². The van der Waals surface area contributed by atoms with Crippen LogP contribution in [0.5, 0.6) is 0 Å². The number of rotatable bonds is 12. The third-order valence-corrected chi connectivity index (χ3v) is 4.12. The Morgan fingerprint density at radius 2 is 1.10 bits per heavy atom. The smallest absolute Gasteiger partial charge is 0.407 e. The van der Waals surface area contributed by atoms with Crippen LogP contribution in [0.1, 0.15) is 18.1 Å². The van der Waals surface area contributed by atoms with E-state index in [4.69, 9.17) is 9.47 Å². The Labute approximate surface area is 177 Å². The van der Waals surface area contributed by atoms with Crippen molar-refractivity contribution in [1.29, 1.82) is 0 Å². The normalized spacial score (nSPS) is 10.5. The summed E-state index contributed by atoms with van der Waals surface area (Å²) in [6.45, 7) is 4.52. The van der Waals surface area contributed by atoms with Gasteiger partial charge < -0.3 is 30.7 Å². The summed E-state index contributed by atoms with van der Waals surface area (Å²) in [5, 5.41) is 11.8. The van der Waals surface area contributed by atoms with Crippen LogP contribution in [0, 0.1) is 0 Å². The van der Waals surface area contributed by atoms with Crippen molar-refractivity contribution in [2.24, 2.45) is 0 Å². The second kappa shape index (κ2) is 14.0. The number of hydrogen-bond donors (Lipinski definition) is 4. The highest BCUT2D eigenvalue weighted by molar-refractivity contribution is 5.67. The summed E-state index contributed by atoms with van der Waals surface area (Å²) >= 11 is 0. The average Bonchev–Trinajstić information content (AvgIpc) is 2.78. The molecule has 0 saturated heterocycles. The molecular weight excluding hydrogens is 384 g/mol. The standard InChI is InChI=1S/C22H30N4O4/c1-18(23-12-14-25-21(27)29-16-19-8-4-2-5-9-19)24-13-15-26-22(28)30-17-20-10-6-3-7-11-20/h2-11,18,23-24H,12-17H2,1H3,(H,25,27)(H,26,28). The van der Waals surface area contributed by atoms with Crippen LogP contribution in [0.2, 0.25) is 0 Å². The van der Waals surface area contributed by atoms with E-state index in [-0.39, 0.29) is 19.4 Å². The summed E-state index contributed by atoms with van der Waals surface area (Å²) in [5.74, 6) is 0. The molecule has 2 rings (SSSR count).